The summed E-state index contributed by atoms with van der Waals surface area (Å²) in [5.41, 5.74) is 0.0682. The van der Waals surface area contributed by atoms with Gasteiger partial charge in [0, 0.05) is 6.08 Å². The molecule has 0 aliphatic heterocycles. The molecule has 0 unspecified atom stereocenters. The van der Waals surface area contributed by atoms with Crippen LogP contribution in [0.4, 0.5) is 0 Å². The Morgan fingerprint density at radius 3 is 2.84 bits per heavy atom. The molecule has 1 amide bonds. The van der Waals surface area contributed by atoms with Crippen molar-refractivity contribution in [1.82, 2.24) is 10.3 Å². The zero-order valence-electron chi connectivity index (χ0n) is 13.5. The highest BCUT2D eigenvalue weighted by atomic mass is 32.1. The Hall–Kier alpha value is -2.72. The van der Waals surface area contributed by atoms with Gasteiger partial charge in [-0.3, -0.25) is 4.79 Å². The molecule has 0 bridgehead atoms. The summed E-state index contributed by atoms with van der Waals surface area (Å²) >= 11 is 1.47. The van der Waals surface area contributed by atoms with E-state index in [9.17, 15) is 14.9 Å². The van der Waals surface area contributed by atoms with Gasteiger partial charge in [-0.2, -0.15) is 5.26 Å². The van der Waals surface area contributed by atoms with E-state index < -0.39 is 24.0 Å². The number of nitrogens with one attached hydrogen (secondary N) is 1. The zero-order valence-corrected chi connectivity index (χ0v) is 14.3. The Morgan fingerprint density at radius 1 is 1.36 bits per heavy atom. The number of hydrogen-bond donors (Lipinski definition) is 1. The van der Waals surface area contributed by atoms with E-state index >= 15 is 0 Å². The molecule has 1 aliphatic rings. The van der Waals surface area contributed by atoms with Gasteiger partial charge in [-0.1, -0.05) is 12.1 Å². The maximum atomic E-state index is 11.9. The molecule has 1 heterocycles. The minimum atomic E-state index is -0.805. The van der Waals surface area contributed by atoms with Gasteiger partial charge in [0.1, 0.15) is 10.5 Å². The molecule has 0 spiro atoms. The quantitative estimate of drug-likeness (QED) is 0.658. The van der Waals surface area contributed by atoms with Gasteiger partial charge in [0.15, 0.2) is 6.61 Å². The number of fused-ring (bicyclic) bond motifs is 1. The number of amides is 1. The first-order chi connectivity index (χ1) is 12.1. The molecule has 0 radical (unpaired) electrons. The highest BCUT2D eigenvalue weighted by Gasteiger charge is 2.35. The van der Waals surface area contributed by atoms with Gasteiger partial charge in [0.25, 0.3) is 5.91 Å². The number of rotatable bonds is 5. The lowest BCUT2D eigenvalue weighted by Gasteiger charge is -2.21. The van der Waals surface area contributed by atoms with Crippen LogP contribution < -0.4 is 5.32 Å². The Labute approximate surface area is 149 Å². The van der Waals surface area contributed by atoms with E-state index in [-0.39, 0.29) is 0 Å². The summed E-state index contributed by atoms with van der Waals surface area (Å²) in [6.07, 6.45) is 5.93. The van der Waals surface area contributed by atoms with E-state index in [0.717, 1.165) is 23.1 Å². The number of nitriles is 1. The highest BCUT2D eigenvalue weighted by Crippen LogP contribution is 2.28. The first-order valence-corrected chi connectivity index (χ1v) is 8.85. The summed E-state index contributed by atoms with van der Waals surface area (Å²) in [6.45, 7) is -0.396. The molecule has 1 N–H and O–H groups in total. The second kappa shape index (κ2) is 7.45. The molecule has 1 saturated carbocycles. The molecular formula is C18H17N3O3S. The highest BCUT2D eigenvalue weighted by molar-refractivity contribution is 7.19. The first-order valence-electron chi connectivity index (χ1n) is 8.03. The van der Waals surface area contributed by atoms with E-state index in [0.29, 0.717) is 17.8 Å². The van der Waals surface area contributed by atoms with Crippen molar-refractivity contribution in [3.63, 3.8) is 0 Å². The molecule has 7 heteroatoms. The van der Waals surface area contributed by atoms with Crippen molar-refractivity contribution >= 4 is 39.5 Å². The minimum absolute atomic E-state index is 0.396. The zero-order chi connectivity index (χ0) is 17.7. The summed E-state index contributed by atoms with van der Waals surface area (Å²) in [5.74, 6) is -1.07. The van der Waals surface area contributed by atoms with Gasteiger partial charge in [0.05, 0.1) is 16.3 Å². The van der Waals surface area contributed by atoms with E-state index in [2.05, 4.69) is 16.4 Å². The molecule has 1 aromatic heterocycles. The first kappa shape index (κ1) is 17.1. The summed E-state index contributed by atoms with van der Waals surface area (Å²) in [7, 11) is 0. The molecular weight excluding hydrogens is 338 g/mol. The molecule has 0 saturated heterocycles. The number of benzene rings is 1. The van der Waals surface area contributed by atoms with Gasteiger partial charge >= 0.3 is 5.97 Å². The summed E-state index contributed by atoms with van der Waals surface area (Å²) < 4.78 is 5.96. The summed E-state index contributed by atoms with van der Waals surface area (Å²) in [4.78, 5) is 28.0. The van der Waals surface area contributed by atoms with Crippen molar-refractivity contribution in [2.24, 2.45) is 0 Å². The number of thiazole rings is 1. The monoisotopic (exact) mass is 355 g/mol. The molecule has 0 atom stereocenters. The van der Waals surface area contributed by atoms with Gasteiger partial charge in [-0.05, 0) is 43.9 Å². The van der Waals surface area contributed by atoms with Crippen molar-refractivity contribution in [3.05, 3.63) is 35.3 Å². The van der Waals surface area contributed by atoms with Crippen LogP contribution in [0, 0.1) is 11.3 Å². The van der Waals surface area contributed by atoms with E-state index in [4.69, 9.17) is 4.74 Å². The third-order valence-corrected chi connectivity index (χ3v) is 5.07. The predicted molar refractivity (Wildman–Crippen MR) is 94.6 cm³/mol. The topological polar surface area (TPSA) is 92.1 Å². The van der Waals surface area contributed by atoms with Crippen LogP contribution in [0.3, 0.4) is 0 Å². The third kappa shape index (κ3) is 4.22. The molecule has 2 aromatic rings. The predicted octanol–water partition coefficient (Wildman–Crippen LogP) is 2.81. The van der Waals surface area contributed by atoms with Crippen LogP contribution in [0.1, 0.15) is 30.7 Å². The van der Waals surface area contributed by atoms with E-state index in [1.807, 2.05) is 24.3 Å². The lowest BCUT2D eigenvalue weighted by atomic mass is 10.00. The Morgan fingerprint density at radius 2 is 2.12 bits per heavy atom. The molecule has 1 fully saturated rings. The fraction of sp³-hybridized carbons (Fsp3) is 0.333. The normalized spacial score (nSPS) is 16.0. The number of hydrogen-bond acceptors (Lipinski definition) is 6. The standard InChI is InChI=1S/C18H17N3O3S/c19-12-18(9-3-4-10-18)21-15(22)11-24-17(23)8-7-16-20-13-5-1-2-6-14(13)25-16/h1-2,5-8H,3-4,9-11H2,(H,21,22)/b8-7+. The number of carbonyl (C=O) groups excluding carboxylic acids is 2. The maximum absolute atomic E-state index is 11.9. The van der Waals surface area contributed by atoms with Crippen LogP contribution in [0.15, 0.2) is 30.3 Å². The number of ether oxygens (including phenoxy) is 1. The minimum Gasteiger partial charge on any atom is -0.452 e. The van der Waals surface area contributed by atoms with E-state index in [1.165, 1.54) is 17.4 Å². The largest absolute Gasteiger partial charge is 0.452 e. The van der Waals surface area contributed by atoms with Gasteiger partial charge in [0.2, 0.25) is 0 Å². The molecule has 25 heavy (non-hydrogen) atoms. The second-order valence-corrected chi connectivity index (χ2v) is 6.97. The lowest BCUT2D eigenvalue weighted by molar-refractivity contribution is -0.144. The summed E-state index contributed by atoms with van der Waals surface area (Å²) in [5, 5.41) is 12.6. The van der Waals surface area contributed by atoms with Crippen molar-refractivity contribution in [1.29, 1.82) is 5.26 Å². The number of carbonyl (C=O) groups is 2. The van der Waals surface area contributed by atoms with Gasteiger partial charge in [-0.25, -0.2) is 9.78 Å². The fourth-order valence-corrected chi connectivity index (χ4v) is 3.70. The SMILES string of the molecule is N#CC1(NC(=O)COC(=O)/C=C/c2nc3ccccc3s2)CCCC1. The Kier molecular flexibility index (Phi) is 5.10. The molecule has 1 aliphatic carbocycles. The number of nitrogens with zero attached hydrogens (tertiary/aromatic N) is 2. The van der Waals surface area contributed by atoms with Crippen molar-refractivity contribution in [2.45, 2.75) is 31.2 Å². The summed E-state index contributed by atoms with van der Waals surface area (Å²) in [6, 6.07) is 9.86. The second-order valence-electron chi connectivity index (χ2n) is 5.91. The van der Waals surface area contributed by atoms with Crippen LogP contribution in [-0.4, -0.2) is 29.0 Å². The molecule has 128 valence electrons. The van der Waals surface area contributed by atoms with E-state index in [1.54, 1.807) is 6.08 Å². The van der Waals surface area contributed by atoms with Gasteiger partial charge in [-0.15, -0.1) is 11.3 Å². The average Bonchev–Trinajstić information content (AvgIpc) is 3.25. The maximum Gasteiger partial charge on any atom is 0.331 e. The molecule has 1 aromatic carbocycles. The van der Waals surface area contributed by atoms with Crippen LogP contribution >= 0.6 is 11.3 Å². The van der Waals surface area contributed by atoms with Crippen molar-refractivity contribution < 1.29 is 14.3 Å². The van der Waals surface area contributed by atoms with Crippen LogP contribution in [0.25, 0.3) is 16.3 Å². The average molecular weight is 355 g/mol. The fourth-order valence-electron chi connectivity index (χ4n) is 2.83. The molecule has 6 nitrogen and oxygen atoms in total. The number of aromatic nitrogens is 1. The van der Waals surface area contributed by atoms with Crippen molar-refractivity contribution in [2.75, 3.05) is 6.61 Å². The third-order valence-electron chi connectivity index (χ3n) is 4.07. The van der Waals surface area contributed by atoms with Crippen LogP contribution in [-0.2, 0) is 14.3 Å². The van der Waals surface area contributed by atoms with Gasteiger partial charge < -0.3 is 10.1 Å². The van der Waals surface area contributed by atoms with Crippen molar-refractivity contribution in [3.8, 4) is 6.07 Å². The molecule has 3 rings (SSSR count). The van der Waals surface area contributed by atoms with Crippen LogP contribution in [0.2, 0.25) is 0 Å². The number of esters is 1. The number of para-hydroxylation sites is 1. The smallest absolute Gasteiger partial charge is 0.331 e. The Balaban J connectivity index is 1.50. The lowest BCUT2D eigenvalue weighted by Crippen LogP contribution is -2.46. The van der Waals surface area contributed by atoms with Crippen LogP contribution in [0.5, 0.6) is 0 Å². The Bertz CT molecular complexity index is 827.